The van der Waals surface area contributed by atoms with Crippen LogP contribution >= 0.6 is 0 Å². The molecule has 0 N–H and O–H groups in total. The van der Waals surface area contributed by atoms with E-state index in [0.717, 1.165) is 99.4 Å². The molecule has 12 nitrogen and oxygen atoms in total. The first-order valence-electron chi connectivity index (χ1n) is 25.3. The van der Waals surface area contributed by atoms with E-state index in [1.807, 2.05) is 76.9 Å². The van der Waals surface area contributed by atoms with Gasteiger partial charge >= 0.3 is 6.55 Å². The number of rotatable bonds is 14. The van der Waals surface area contributed by atoms with Gasteiger partial charge in [-0.15, -0.1) is 0 Å². The van der Waals surface area contributed by atoms with Gasteiger partial charge in [0.1, 0.15) is 5.75 Å². The van der Waals surface area contributed by atoms with Crippen LogP contribution in [0.5, 0.6) is 5.75 Å². The van der Waals surface area contributed by atoms with Gasteiger partial charge in [0.05, 0.1) is 36.7 Å². The van der Waals surface area contributed by atoms with Gasteiger partial charge in [-0.05, 0) is 141 Å². The Bertz CT molecular complexity index is 2850. The molecule has 6 aromatic rings. The fraction of sp³-hybridized carbons (Fsp3) is 0.404. The van der Waals surface area contributed by atoms with Gasteiger partial charge in [-0.1, -0.05) is 61.0 Å². The Morgan fingerprint density at radius 3 is 2.31 bits per heavy atom. The zero-order valence-corrected chi connectivity index (χ0v) is 40.8. The van der Waals surface area contributed by atoms with Crippen molar-refractivity contribution < 1.29 is 32.6 Å². The van der Waals surface area contributed by atoms with E-state index in [1.165, 1.54) is 29.3 Å². The number of para-hydroxylation sites is 1. The Kier molecular flexibility index (Phi) is 14.5. The SMILES string of the molecule is Cc1c(C(=O)N(c2ccccc2)c2cnn(C(F)F)c2)cc(-c2cc3c(cc2C(=O)N2Cc4ccccc4CC2CN2CCCCC2)CN(C(=O)Cc2ccc(OCCC4CCOCC4)cc2)CC3)n1C. The third-order valence-electron chi connectivity index (χ3n) is 15.2. The summed E-state index contributed by atoms with van der Waals surface area (Å²) >= 11 is 0. The number of fused-ring (bicyclic) bond motifs is 2. The molecule has 1 unspecified atom stereocenters. The molecular weight excluding hydrogens is 901 g/mol. The van der Waals surface area contributed by atoms with Crippen LogP contribution in [0.2, 0.25) is 0 Å². The third-order valence-corrected chi connectivity index (χ3v) is 15.2. The van der Waals surface area contributed by atoms with Gasteiger partial charge in [0.2, 0.25) is 5.91 Å². The summed E-state index contributed by atoms with van der Waals surface area (Å²) in [4.78, 5) is 52.5. The summed E-state index contributed by atoms with van der Waals surface area (Å²) in [6.07, 6.45) is 10.7. The van der Waals surface area contributed by atoms with Gasteiger partial charge in [0.15, 0.2) is 0 Å². The first-order valence-corrected chi connectivity index (χ1v) is 25.3. The molecule has 0 radical (unpaired) electrons. The Balaban J connectivity index is 0.971. The number of carbonyl (C=O) groups is 3. The number of amides is 3. The number of carbonyl (C=O) groups excluding carboxylic acids is 3. The number of piperidine rings is 1. The predicted octanol–water partition coefficient (Wildman–Crippen LogP) is 9.95. The topological polar surface area (TPSA) is 105 Å². The lowest BCUT2D eigenvalue weighted by atomic mass is 9.89. The van der Waals surface area contributed by atoms with E-state index >= 15 is 4.79 Å². The van der Waals surface area contributed by atoms with Crippen molar-refractivity contribution in [1.29, 1.82) is 0 Å². The second kappa shape index (κ2) is 21.4. The van der Waals surface area contributed by atoms with Crippen LogP contribution in [0.3, 0.4) is 0 Å². The molecule has 6 heterocycles. The van der Waals surface area contributed by atoms with Crippen molar-refractivity contribution in [3.63, 3.8) is 0 Å². The molecule has 71 heavy (non-hydrogen) atoms. The molecule has 4 aliphatic heterocycles. The quantitative estimate of drug-likeness (QED) is 0.107. The van der Waals surface area contributed by atoms with Gasteiger partial charge in [-0.2, -0.15) is 13.9 Å². The number of alkyl halides is 2. The van der Waals surface area contributed by atoms with E-state index in [4.69, 9.17) is 9.47 Å². The molecule has 370 valence electrons. The summed E-state index contributed by atoms with van der Waals surface area (Å²) in [6, 6.07) is 31.0. The van der Waals surface area contributed by atoms with E-state index in [2.05, 4.69) is 34.3 Å². The number of anilines is 2. The lowest BCUT2D eigenvalue weighted by Gasteiger charge is -2.41. The lowest BCUT2D eigenvalue weighted by Crippen LogP contribution is -2.51. The van der Waals surface area contributed by atoms with Crippen molar-refractivity contribution in [2.24, 2.45) is 13.0 Å². The average Bonchev–Trinajstić information content (AvgIpc) is 4.01. The van der Waals surface area contributed by atoms with Gasteiger partial charge < -0.3 is 28.7 Å². The number of hydrogen-bond donors (Lipinski definition) is 0. The second-order valence-corrected chi connectivity index (χ2v) is 19.7. The fourth-order valence-corrected chi connectivity index (χ4v) is 11.0. The van der Waals surface area contributed by atoms with Gasteiger partial charge in [0.25, 0.3) is 11.8 Å². The fourth-order valence-electron chi connectivity index (χ4n) is 11.0. The Morgan fingerprint density at radius 2 is 1.56 bits per heavy atom. The lowest BCUT2D eigenvalue weighted by molar-refractivity contribution is -0.131. The number of hydrogen-bond acceptors (Lipinski definition) is 7. The van der Waals surface area contributed by atoms with E-state index in [1.54, 1.807) is 24.3 Å². The van der Waals surface area contributed by atoms with Crippen molar-refractivity contribution in [3.8, 4) is 17.0 Å². The summed E-state index contributed by atoms with van der Waals surface area (Å²) in [5, 5.41) is 3.86. The predicted molar refractivity (Wildman–Crippen MR) is 269 cm³/mol. The van der Waals surface area contributed by atoms with Crippen LogP contribution in [-0.4, -0.2) is 98.8 Å². The van der Waals surface area contributed by atoms with Crippen LogP contribution in [0.1, 0.15) is 99.3 Å². The highest BCUT2D eigenvalue weighted by molar-refractivity contribution is 6.12. The van der Waals surface area contributed by atoms with Crippen molar-refractivity contribution >= 4 is 29.1 Å². The first kappa shape index (κ1) is 48.0. The third kappa shape index (κ3) is 10.6. The standard InChI is InChI=1S/C57H63F2N7O5/c1-39-50(56(69)66(46-13-5-3-6-14-46)48-34-60-65(38-48)57(58)59)33-53(61(39)2)51-31-43-19-25-63(54(67)29-41-15-17-49(18-16-41)71-28-22-40-20-26-70-27-21-40)35-45(43)32-52(51)55(68)64-36-44-12-8-7-11-42(44)30-47(64)37-62-23-9-4-10-24-62/h3,5-8,11-18,31-34,38,40,47,57H,4,9-10,19-30,35-37H2,1-2H3. The van der Waals surface area contributed by atoms with Crippen molar-refractivity contribution in [2.45, 2.75) is 90.4 Å². The molecular formula is C57H63F2N7O5. The van der Waals surface area contributed by atoms with Crippen LogP contribution < -0.4 is 9.64 Å². The first-order chi connectivity index (χ1) is 34.6. The molecule has 2 saturated heterocycles. The number of ether oxygens (including phenoxy) is 2. The van der Waals surface area contributed by atoms with E-state index in [9.17, 15) is 18.4 Å². The van der Waals surface area contributed by atoms with Crippen molar-refractivity contribution in [3.05, 3.63) is 154 Å². The monoisotopic (exact) mass is 963 g/mol. The van der Waals surface area contributed by atoms with E-state index in [0.29, 0.717) is 77.0 Å². The molecule has 2 aromatic heterocycles. The van der Waals surface area contributed by atoms with Crippen LogP contribution in [0.4, 0.5) is 20.2 Å². The number of likely N-dealkylation sites (tertiary alicyclic amines) is 1. The normalized spacial score (nSPS) is 17.5. The summed E-state index contributed by atoms with van der Waals surface area (Å²) in [6.45, 7) is 5.39. The zero-order valence-electron chi connectivity index (χ0n) is 40.8. The highest BCUT2D eigenvalue weighted by Crippen LogP contribution is 2.38. The van der Waals surface area contributed by atoms with E-state index in [-0.39, 0.29) is 30.0 Å². The molecule has 4 aromatic carbocycles. The molecule has 3 amide bonds. The van der Waals surface area contributed by atoms with E-state index < -0.39 is 12.5 Å². The van der Waals surface area contributed by atoms with Crippen LogP contribution in [-0.2, 0) is 48.9 Å². The largest absolute Gasteiger partial charge is 0.494 e. The summed E-state index contributed by atoms with van der Waals surface area (Å²) < 4.78 is 41.7. The molecule has 1 atom stereocenters. The minimum absolute atomic E-state index is 0.0123. The smallest absolute Gasteiger partial charge is 0.333 e. The maximum atomic E-state index is 15.7. The molecule has 2 fully saturated rings. The molecule has 0 spiro atoms. The number of halogens is 2. The van der Waals surface area contributed by atoms with Crippen LogP contribution in [0.25, 0.3) is 11.3 Å². The molecule has 14 heteroatoms. The number of benzene rings is 4. The van der Waals surface area contributed by atoms with Crippen molar-refractivity contribution in [2.75, 3.05) is 50.9 Å². The Hall–Kier alpha value is -6.64. The maximum Gasteiger partial charge on any atom is 0.333 e. The molecule has 0 saturated carbocycles. The minimum atomic E-state index is -2.88. The highest BCUT2D eigenvalue weighted by Gasteiger charge is 2.36. The minimum Gasteiger partial charge on any atom is -0.494 e. The molecule has 0 bridgehead atoms. The summed E-state index contributed by atoms with van der Waals surface area (Å²) in [5.74, 6) is 0.911. The maximum absolute atomic E-state index is 15.7. The van der Waals surface area contributed by atoms with Crippen LogP contribution in [0.15, 0.2) is 109 Å². The van der Waals surface area contributed by atoms with Crippen LogP contribution in [0, 0.1) is 12.8 Å². The molecule has 0 aliphatic carbocycles. The van der Waals surface area contributed by atoms with Gasteiger partial charge in [-0.3, -0.25) is 19.3 Å². The average molecular weight is 964 g/mol. The number of aromatic nitrogens is 3. The van der Waals surface area contributed by atoms with Crippen molar-refractivity contribution in [1.82, 2.24) is 29.0 Å². The summed E-state index contributed by atoms with van der Waals surface area (Å²) in [5.41, 5.74) is 8.81. The number of nitrogens with zero attached hydrogens (tertiary/aromatic N) is 7. The summed E-state index contributed by atoms with van der Waals surface area (Å²) in [7, 11) is 1.89. The zero-order chi connectivity index (χ0) is 49.0. The van der Waals surface area contributed by atoms with Gasteiger partial charge in [-0.25, -0.2) is 4.68 Å². The second-order valence-electron chi connectivity index (χ2n) is 19.7. The highest BCUT2D eigenvalue weighted by atomic mass is 19.3. The Labute approximate surface area is 414 Å². The Morgan fingerprint density at radius 1 is 0.817 bits per heavy atom. The van der Waals surface area contributed by atoms with Gasteiger partial charge in [0, 0.05) is 80.7 Å². The molecule has 10 rings (SSSR count). The molecule has 4 aliphatic rings.